The highest BCUT2D eigenvalue weighted by Crippen LogP contribution is 2.30. The molecule has 1 aromatic heterocycles. The molecule has 27 heavy (non-hydrogen) atoms. The van der Waals surface area contributed by atoms with Crippen molar-refractivity contribution >= 4 is 22.6 Å². The number of nitrogens with zero attached hydrogens (tertiary/aromatic N) is 1. The van der Waals surface area contributed by atoms with Crippen LogP contribution in [-0.2, 0) is 11.8 Å². The topological polar surface area (TPSA) is 69.6 Å². The van der Waals surface area contributed by atoms with Crippen LogP contribution in [0.1, 0.15) is 16.1 Å². The van der Waals surface area contributed by atoms with E-state index in [9.17, 15) is 9.59 Å². The van der Waals surface area contributed by atoms with Gasteiger partial charge in [0.15, 0.2) is 11.5 Å². The van der Waals surface area contributed by atoms with E-state index >= 15 is 0 Å². The van der Waals surface area contributed by atoms with E-state index in [1.807, 2.05) is 67.1 Å². The molecule has 1 aliphatic heterocycles. The molecule has 2 aromatic carbocycles. The number of nitrogens with one attached hydrogen (secondary N) is 1. The first-order valence-corrected chi connectivity index (χ1v) is 8.81. The smallest absolute Gasteiger partial charge is 0.292 e. The number of carbonyl (C=O) groups is 2. The SMILES string of the molecule is Cc1c(C(=O)C(=O)NCC2COc3ccccc3O2)c2ccccc2n1C. The third-order valence-electron chi connectivity index (χ3n) is 4.89. The summed E-state index contributed by atoms with van der Waals surface area (Å²) in [5.74, 6) is 0.139. The van der Waals surface area contributed by atoms with Crippen molar-refractivity contribution in [3.8, 4) is 11.5 Å². The van der Waals surface area contributed by atoms with E-state index in [-0.39, 0.29) is 12.6 Å². The molecule has 1 unspecified atom stereocenters. The molecular weight excluding hydrogens is 344 g/mol. The standard InChI is InChI=1S/C21H20N2O4/c1-13-19(15-7-3-4-8-16(15)23(13)2)20(24)21(25)22-11-14-12-26-17-9-5-6-10-18(17)27-14/h3-10,14H,11-12H2,1-2H3,(H,22,25). The number of aromatic nitrogens is 1. The quantitative estimate of drug-likeness (QED) is 0.571. The van der Waals surface area contributed by atoms with Gasteiger partial charge >= 0.3 is 0 Å². The highest BCUT2D eigenvalue weighted by atomic mass is 16.6. The van der Waals surface area contributed by atoms with Gasteiger partial charge in [-0.3, -0.25) is 9.59 Å². The molecule has 0 saturated carbocycles. The predicted octanol–water partition coefficient (Wildman–Crippen LogP) is 2.63. The van der Waals surface area contributed by atoms with Crippen molar-refractivity contribution in [2.24, 2.45) is 7.05 Å². The molecule has 0 radical (unpaired) electrons. The summed E-state index contributed by atoms with van der Waals surface area (Å²) in [6, 6.07) is 14.9. The minimum absolute atomic E-state index is 0.197. The van der Waals surface area contributed by atoms with Crippen LogP contribution in [-0.4, -0.2) is 35.5 Å². The number of hydrogen-bond donors (Lipinski definition) is 1. The van der Waals surface area contributed by atoms with Gasteiger partial charge < -0.3 is 19.4 Å². The summed E-state index contributed by atoms with van der Waals surface area (Å²) in [5, 5.41) is 3.46. The predicted molar refractivity (Wildman–Crippen MR) is 101 cm³/mol. The molecular formula is C21H20N2O4. The Balaban J connectivity index is 1.47. The highest BCUT2D eigenvalue weighted by molar-refractivity contribution is 6.45. The summed E-state index contributed by atoms with van der Waals surface area (Å²) >= 11 is 0. The van der Waals surface area contributed by atoms with E-state index in [1.165, 1.54) is 0 Å². The lowest BCUT2D eigenvalue weighted by Gasteiger charge is -2.26. The Kier molecular flexibility index (Phi) is 4.32. The molecule has 1 N–H and O–H groups in total. The van der Waals surface area contributed by atoms with Crippen LogP contribution in [0, 0.1) is 6.92 Å². The van der Waals surface area contributed by atoms with Gasteiger partial charge in [0.05, 0.1) is 12.1 Å². The maximum Gasteiger partial charge on any atom is 0.292 e. The van der Waals surface area contributed by atoms with Gasteiger partial charge in [-0.05, 0) is 25.1 Å². The van der Waals surface area contributed by atoms with Gasteiger partial charge in [0.25, 0.3) is 11.7 Å². The lowest BCUT2D eigenvalue weighted by molar-refractivity contribution is -0.117. The minimum atomic E-state index is -0.642. The largest absolute Gasteiger partial charge is 0.486 e. The number of Topliss-reactive ketones (excluding diaryl/α,β-unsaturated/α-hetero) is 1. The second-order valence-electron chi connectivity index (χ2n) is 6.57. The maximum atomic E-state index is 12.8. The average molecular weight is 364 g/mol. The molecule has 0 aliphatic carbocycles. The normalized spacial score (nSPS) is 15.6. The van der Waals surface area contributed by atoms with Crippen LogP contribution in [0.25, 0.3) is 10.9 Å². The Bertz CT molecular complexity index is 1040. The highest BCUT2D eigenvalue weighted by Gasteiger charge is 2.26. The monoisotopic (exact) mass is 364 g/mol. The van der Waals surface area contributed by atoms with E-state index in [0.717, 1.165) is 16.6 Å². The summed E-state index contributed by atoms with van der Waals surface area (Å²) in [5.41, 5.74) is 2.13. The fourth-order valence-corrected chi connectivity index (χ4v) is 3.37. The number of carbonyl (C=O) groups excluding carboxylic acids is 2. The van der Waals surface area contributed by atoms with Crippen LogP contribution in [0.3, 0.4) is 0 Å². The number of ether oxygens (including phenoxy) is 2. The zero-order valence-electron chi connectivity index (χ0n) is 15.2. The van der Waals surface area contributed by atoms with E-state index in [4.69, 9.17) is 9.47 Å². The van der Waals surface area contributed by atoms with E-state index < -0.39 is 11.7 Å². The molecule has 2 heterocycles. The fourth-order valence-electron chi connectivity index (χ4n) is 3.37. The number of para-hydroxylation sites is 3. The van der Waals surface area contributed by atoms with Crippen molar-refractivity contribution in [1.29, 1.82) is 0 Å². The van der Waals surface area contributed by atoms with Crippen LogP contribution in [0.5, 0.6) is 11.5 Å². The zero-order valence-corrected chi connectivity index (χ0v) is 15.2. The van der Waals surface area contributed by atoms with Gasteiger partial charge in [-0.2, -0.15) is 0 Å². The maximum absolute atomic E-state index is 12.8. The lowest BCUT2D eigenvalue weighted by atomic mass is 10.1. The van der Waals surface area contributed by atoms with Crippen molar-refractivity contribution in [3.63, 3.8) is 0 Å². The van der Waals surface area contributed by atoms with Crippen molar-refractivity contribution < 1.29 is 19.1 Å². The third-order valence-corrected chi connectivity index (χ3v) is 4.89. The van der Waals surface area contributed by atoms with Crippen molar-refractivity contribution in [1.82, 2.24) is 9.88 Å². The van der Waals surface area contributed by atoms with Crippen LogP contribution in [0.4, 0.5) is 0 Å². The van der Waals surface area contributed by atoms with Gasteiger partial charge in [-0.15, -0.1) is 0 Å². The summed E-state index contributed by atoms with van der Waals surface area (Å²) < 4.78 is 13.4. The van der Waals surface area contributed by atoms with Crippen LogP contribution in [0.2, 0.25) is 0 Å². The first-order valence-electron chi connectivity index (χ1n) is 8.81. The summed E-state index contributed by atoms with van der Waals surface area (Å²) in [4.78, 5) is 25.2. The Morgan fingerprint density at radius 1 is 1.11 bits per heavy atom. The van der Waals surface area contributed by atoms with Gasteiger partial charge in [0.1, 0.15) is 12.7 Å². The number of fused-ring (bicyclic) bond motifs is 2. The molecule has 6 heteroatoms. The average Bonchev–Trinajstić information content (AvgIpc) is 2.96. The third kappa shape index (κ3) is 3.03. The van der Waals surface area contributed by atoms with Crippen molar-refractivity contribution in [2.75, 3.05) is 13.2 Å². The van der Waals surface area contributed by atoms with Gasteiger partial charge in [-0.25, -0.2) is 0 Å². The van der Waals surface area contributed by atoms with E-state index in [1.54, 1.807) is 0 Å². The Morgan fingerprint density at radius 2 is 1.81 bits per heavy atom. The number of rotatable bonds is 4. The zero-order chi connectivity index (χ0) is 19.0. The summed E-state index contributed by atoms with van der Waals surface area (Å²) in [7, 11) is 1.89. The number of hydrogen-bond acceptors (Lipinski definition) is 4. The molecule has 3 aromatic rings. The van der Waals surface area contributed by atoms with Crippen molar-refractivity contribution in [3.05, 3.63) is 59.8 Å². The Labute approximate surface area is 156 Å². The van der Waals surface area contributed by atoms with E-state index in [0.29, 0.717) is 23.7 Å². The molecule has 0 fully saturated rings. The van der Waals surface area contributed by atoms with Gasteiger partial charge in [-0.1, -0.05) is 30.3 Å². The molecule has 1 amide bonds. The molecule has 0 saturated heterocycles. The molecule has 0 bridgehead atoms. The first-order chi connectivity index (χ1) is 13.1. The van der Waals surface area contributed by atoms with Crippen LogP contribution < -0.4 is 14.8 Å². The molecule has 1 aliphatic rings. The Morgan fingerprint density at radius 3 is 2.63 bits per heavy atom. The molecule has 1 atom stereocenters. The van der Waals surface area contributed by atoms with Gasteiger partial charge in [0.2, 0.25) is 0 Å². The summed E-state index contributed by atoms with van der Waals surface area (Å²) in [6.45, 7) is 2.36. The number of ketones is 1. The molecule has 4 rings (SSSR count). The number of aryl methyl sites for hydroxylation is 1. The van der Waals surface area contributed by atoms with Crippen LogP contribution in [0.15, 0.2) is 48.5 Å². The molecule has 0 spiro atoms. The van der Waals surface area contributed by atoms with Crippen LogP contribution >= 0.6 is 0 Å². The lowest BCUT2D eigenvalue weighted by Crippen LogP contribution is -2.43. The summed E-state index contributed by atoms with van der Waals surface area (Å²) in [6.07, 6.45) is -0.342. The van der Waals surface area contributed by atoms with E-state index in [2.05, 4.69) is 5.32 Å². The minimum Gasteiger partial charge on any atom is -0.486 e. The number of amides is 1. The second kappa shape index (κ2) is 6.79. The fraction of sp³-hybridized carbons (Fsp3) is 0.238. The Hall–Kier alpha value is -3.28. The number of benzene rings is 2. The van der Waals surface area contributed by atoms with Crippen molar-refractivity contribution in [2.45, 2.75) is 13.0 Å². The molecule has 6 nitrogen and oxygen atoms in total. The van der Waals surface area contributed by atoms with Gasteiger partial charge in [0, 0.05) is 23.6 Å². The molecule has 138 valence electrons. The second-order valence-corrected chi connectivity index (χ2v) is 6.57. The first kappa shape index (κ1) is 17.1.